The third-order valence-electron chi connectivity index (χ3n) is 1.50. The van der Waals surface area contributed by atoms with E-state index >= 15 is 0 Å². The van der Waals surface area contributed by atoms with Crippen molar-refractivity contribution in [2.24, 2.45) is 9.98 Å². The number of fused-ring (bicyclic) bond motifs is 1. The lowest BCUT2D eigenvalue weighted by atomic mass is 10.4. The Kier molecular flexibility index (Phi) is 2.40. The fourth-order valence-electron chi connectivity index (χ4n) is 1.02. The van der Waals surface area contributed by atoms with Crippen LogP contribution in [-0.4, -0.2) is 10.1 Å². The first-order chi connectivity index (χ1) is 6.83. The van der Waals surface area contributed by atoms with Crippen LogP contribution in [0.1, 0.15) is 0 Å². The highest BCUT2D eigenvalue weighted by Crippen LogP contribution is 2.45. The second-order valence-electron chi connectivity index (χ2n) is 2.32. The van der Waals surface area contributed by atoms with Crippen LogP contribution in [0.3, 0.4) is 0 Å². The second-order valence-corrected chi connectivity index (χ2v) is 4.45. The summed E-state index contributed by atoms with van der Waals surface area (Å²) < 4.78 is 0. The van der Waals surface area contributed by atoms with Crippen molar-refractivity contribution in [3.63, 3.8) is 0 Å². The molecule has 0 aliphatic carbocycles. The molecule has 6 heteroatoms. The molecule has 0 saturated carbocycles. The van der Waals surface area contributed by atoms with E-state index in [-0.39, 0.29) is 0 Å². The van der Waals surface area contributed by atoms with Gasteiger partial charge in [0.1, 0.15) is 10.1 Å². The van der Waals surface area contributed by atoms with Gasteiger partial charge in [-0.05, 0) is 12.2 Å². The smallest absolute Gasteiger partial charge is 0.170 e. The van der Waals surface area contributed by atoms with Crippen LogP contribution in [0.15, 0.2) is 31.9 Å². The Labute approximate surface area is 88.7 Å². The van der Waals surface area contributed by atoms with Gasteiger partial charge in [0, 0.05) is 9.81 Å². The SMILES string of the molecule is N#CN=C1C=C2SC(=NC#N)C=C2S1. The molecule has 2 aliphatic rings. The van der Waals surface area contributed by atoms with E-state index in [4.69, 9.17) is 10.5 Å². The lowest BCUT2D eigenvalue weighted by Gasteiger charge is -1.86. The summed E-state index contributed by atoms with van der Waals surface area (Å²) in [6.45, 7) is 0. The van der Waals surface area contributed by atoms with Crippen LogP contribution in [0, 0.1) is 22.9 Å². The molecule has 66 valence electrons. The van der Waals surface area contributed by atoms with Crippen molar-refractivity contribution in [2.75, 3.05) is 0 Å². The number of nitriles is 2. The molecule has 2 aliphatic heterocycles. The van der Waals surface area contributed by atoms with Crippen molar-refractivity contribution >= 4 is 33.6 Å². The van der Waals surface area contributed by atoms with E-state index < -0.39 is 0 Å². The van der Waals surface area contributed by atoms with Gasteiger partial charge < -0.3 is 0 Å². The van der Waals surface area contributed by atoms with Crippen LogP contribution in [0.4, 0.5) is 0 Å². The average Bonchev–Trinajstić information content (AvgIpc) is 2.62. The zero-order valence-corrected chi connectivity index (χ0v) is 8.39. The van der Waals surface area contributed by atoms with E-state index in [1.807, 2.05) is 12.2 Å². The molecule has 0 unspecified atom stereocenters. The summed E-state index contributed by atoms with van der Waals surface area (Å²) >= 11 is 2.84. The van der Waals surface area contributed by atoms with Crippen molar-refractivity contribution < 1.29 is 0 Å². The molecule has 0 N–H and O–H groups in total. The summed E-state index contributed by atoms with van der Waals surface area (Å²) in [6.07, 6.45) is 7.12. The van der Waals surface area contributed by atoms with Gasteiger partial charge in [-0.3, -0.25) is 0 Å². The molecule has 0 saturated heterocycles. The molecule has 0 aromatic carbocycles. The van der Waals surface area contributed by atoms with Gasteiger partial charge in [-0.15, -0.1) is 0 Å². The fraction of sp³-hybridized carbons (Fsp3) is 0. The zero-order valence-electron chi connectivity index (χ0n) is 6.76. The highest BCUT2D eigenvalue weighted by atomic mass is 32.2. The Morgan fingerprint density at radius 3 is 1.71 bits per heavy atom. The number of aliphatic imine (C=N–C) groups is 2. The molecule has 0 atom stereocenters. The van der Waals surface area contributed by atoms with Gasteiger partial charge in [-0.1, -0.05) is 23.5 Å². The first-order valence-corrected chi connectivity index (χ1v) is 5.20. The van der Waals surface area contributed by atoms with Crippen molar-refractivity contribution in [1.29, 1.82) is 10.5 Å². The Balaban J connectivity index is 2.26. The van der Waals surface area contributed by atoms with Crippen LogP contribution in [-0.2, 0) is 0 Å². The van der Waals surface area contributed by atoms with Gasteiger partial charge in [-0.2, -0.15) is 20.5 Å². The third kappa shape index (κ3) is 1.58. The minimum Gasteiger partial charge on any atom is -0.170 e. The maximum Gasteiger partial charge on any atom is 0.206 e. The van der Waals surface area contributed by atoms with Crippen molar-refractivity contribution in [3.05, 3.63) is 22.0 Å². The first-order valence-electron chi connectivity index (χ1n) is 3.56. The molecule has 0 radical (unpaired) electrons. The van der Waals surface area contributed by atoms with Crippen LogP contribution in [0.2, 0.25) is 0 Å². The van der Waals surface area contributed by atoms with Crippen molar-refractivity contribution in [1.82, 2.24) is 0 Å². The van der Waals surface area contributed by atoms with E-state index in [1.54, 1.807) is 12.4 Å². The molecule has 2 rings (SSSR count). The molecule has 2 heterocycles. The lowest BCUT2D eigenvalue weighted by molar-refractivity contribution is 1.45. The van der Waals surface area contributed by atoms with E-state index in [1.165, 1.54) is 23.5 Å². The van der Waals surface area contributed by atoms with Gasteiger partial charge in [0.05, 0.1) is 0 Å². The summed E-state index contributed by atoms with van der Waals surface area (Å²) in [5, 5.41) is 18.1. The van der Waals surface area contributed by atoms with Crippen LogP contribution in [0.5, 0.6) is 0 Å². The first kappa shape index (κ1) is 9.07. The summed E-state index contributed by atoms with van der Waals surface area (Å²) in [5.41, 5.74) is 0. The largest absolute Gasteiger partial charge is 0.206 e. The zero-order chi connectivity index (χ0) is 9.97. The summed E-state index contributed by atoms with van der Waals surface area (Å²) in [6, 6.07) is 0. The number of thioether (sulfide) groups is 2. The van der Waals surface area contributed by atoms with Gasteiger partial charge in [-0.25, -0.2) is 0 Å². The highest BCUT2D eigenvalue weighted by molar-refractivity contribution is 8.24. The predicted octanol–water partition coefficient (Wildman–Crippen LogP) is 2.01. The molecule has 4 nitrogen and oxygen atoms in total. The Morgan fingerprint density at radius 2 is 1.36 bits per heavy atom. The second kappa shape index (κ2) is 3.70. The number of nitrogens with zero attached hydrogens (tertiary/aromatic N) is 4. The molecular formula is C8H2N4S2. The van der Waals surface area contributed by atoms with E-state index in [9.17, 15) is 0 Å². The molecule has 0 aromatic rings. The lowest BCUT2D eigenvalue weighted by Crippen LogP contribution is -1.81. The van der Waals surface area contributed by atoms with E-state index in [0.29, 0.717) is 10.1 Å². The van der Waals surface area contributed by atoms with Crippen molar-refractivity contribution in [3.8, 4) is 12.4 Å². The summed E-state index contributed by atoms with van der Waals surface area (Å²) in [5.74, 6) is 0. The normalized spacial score (nSPS) is 24.1. The number of rotatable bonds is 0. The molecule has 14 heavy (non-hydrogen) atoms. The quantitative estimate of drug-likeness (QED) is 0.583. The topological polar surface area (TPSA) is 72.3 Å². The van der Waals surface area contributed by atoms with Gasteiger partial charge >= 0.3 is 0 Å². The summed E-state index contributed by atoms with van der Waals surface area (Å²) in [4.78, 5) is 9.28. The van der Waals surface area contributed by atoms with Gasteiger partial charge in [0.2, 0.25) is 12.4 Å². The van der Waals surface area contributed by atoms with Crippen molar-refractivity contribution in [2.45, 2.75) is 0 Å². The number of hydrogen-bond acceptors (Lipinski definition) is 6. The Bertz CT molecular complexity index is 438. The third-order valence-corrected chi connectivity index (χ3v) is 3.58. The minimum absolute atomic E-state index is 0.692. The maximum absolute atomic E-state index is 8.35. The van der Waals surface area contributed by atoms with Gasteiger partial charge in [0.25, 0.3) is 0 Å². The molecule has 0 spiro atoms. The molecule has 0 amide bonds. The van der Waals surface area contributed by atoms with Crippen LogP contribution in [0.25, 0.3) is 0 Å². The monoisotopic (exact) mass is 218 g/mol. The van der Waals surface area contributed by atoms with E-state index in [0.717, 1.165) is 9.81 Å². The van der Waals surface area contributed by atoms with Crippen LogP contribution >= 0.6 is 23.5 Å². The summed E-state index contributed by atoms with van der Waals surface area (Å²) in [7, 11) is 0. The average molecular weight is 218 g/mol. The Hall–Kier alpha value is -1.50. The number of hydrogen-bond donors (Lipinski definition) is 0. The van der Waals surface area contributed by atoms with Gasteiger partial charge in [0.15, 0.2) is 0 Å². The standard InChI is InChI=1S/C8H2N4S2/c9-3-11-7-1-5-6(14-7)2-8(13-5)12-4-10/h1-2H. The van der Waals surface area contributed by atoms with E-state index in [2.05, 4.69) is 9.98 Å². The highest BCUT2D eigenvalue weighted by Gasteiger charge is 2.25. The fourth-order valence-corrected chi connectivity index (χ4v) is 3.06. The molecule has 0 bridgehead atoms. The molecule has 0 aromatic heterocycles. The van der Waals surface area contributed by atoms with Crippen LogP contribution < -0.4 is 0 Å². The Morgan fingerprint density at radius 1 is 0.929 bits per heavy atom. The minimum atomic E-state index is 0.692. The molecular weight excluding hydrogens is 216 g/mol. The molecule has 0 fully saturated rings. The maximum atomic E-state index is 8.35. The predicted molar refractivity (Wildman–Crippen MR) is 57.4 cm³/mol.